The van der Waals surface area contributed by atoms with Gasteiger partial charge in [0.1, 0.15) is 0 Å². The Morgan fingerprint density at radius 2 is 0.929 bits per heavy atom. The second kappa shape index (κ2) is 17.3. The van der Waals surface area contributed by atoms with Crippen LogP contribution in [0.15, 0.2) is 250 Å². The Hall–Kier alpha value is -8.92. The zero-order chi connectivity index (χ0) is 47.3. The fourth-order valence-electron chi connectivity index (χ4n) is 10.7. The first-order chi connectivity index (χ1) is 34.4. The van der Waals surface area contributed by atoms with Crippen LogP contribution in [0.4, 0.5) is 34.1 Å². The predicted octanol–water partition coefficient (Wildman–Crippen LogP) is 18.7. The molecule has 0 aliphatic carbocycles. The minimum Gasteiger partial charge on any atom is -0.310 e. The topological polar surface area (TPSA) is 11.4 Å². The highest BCUT2D eigenvalue weighted by Gasteiger charge is 2.36. The van der Waals surface area contributed by atoms with Crippen LogP contribution in [0.2, 0.25) is 0 Å². The minimum atomic E-state index is -0.366. The number of hydrogen-bond acceptors (Lipinski definition) is 2. The van der Waals surface area contributed by atoms with Gasteiger partial charge < -0.3 is 14.4 Å². The summed E-state index contributed by atoms with van der Waals surface area (Å²) in [5.41, 5.74) is 17.1. The molecule has 11 aromatic rings. The average Bonchev–Trinajstić information content (AvgIpc) is 3.74. The number of hydrogen-bond donors (Lipinski definition) is 0. The second-order valence-corrected chi connectivity index (χ2v) is 18.8. The lowest BCUT2D eigenvalue weighted by Crippen LogP contribution is -2.27. The SMILES string of the molecule is C=C/C=C\c1ccc(N(c2cccc(-c3ccc4c(c3)C(C)(C)c3cc(N(c5ccc(/C=C\C=C)cc5)c5ccc6ccccc6c5)cc5c6ccccc6n-4c35)c2)c2ccc3ccccc3c2)cc1. The number of para-hydroxylation sites is 1. The fraction of sp³-hybridized carbons (Fsp3) is 0.0448. The third-order valence-electron chi connectivity index (χ3n) is 14.2. The van der Waals surface area contributed by atoms with E-state index in [2.05, 4.69) is 266 Å². The molecule has 0 atom stereocenters. The van der Waals surface area contributed by atoms with Gasteiger partial charge in [-0.3, -0.25) is 0 Å². The van der Waals surface area contributed by atoms with Crippen LogP contribution in [0.25, 0.3) is 72.3 Å². The van der Waals surface area contributed by atoms with Crippen LogP contribution in [-0.2, 0) is 5.41 Å². The molecular formula is C67H51N3. The molecule has 1 aliphatic heterocycles. The summed E-state index contributed by atoms with van der Waals surface area (Å²) in [6.45, 7) is 12.6. The van der Waals surface area contributed by atoms with Crippen molar-refractivity contribution in [3.8, 4) is 16.8 Å². The Kier molecular flexibility index (Phi) is 10.5. The van der Waals surface area contributed by atoms with E-state index in [1.54, 1.807) is 0 Å². The number of anilines is 6. The van der Waals surface area contributed by atoms with Crippen LogP contribution < -0.4 is 9.80 Å². The molecule has 0 saturated heterocycles. The van der Waals surface area contributed by atoms with E-state index in [4.69, 9.17) is 0 Å². The summed E-state index contributed by atoms with van der Waals surface area (Å²) in [6, 6.07) is 78.2. The molecule has 3 heteroatoms. The molecule has 0 fully saturated rings. The van der Waals surface area contributed by atoms with Gasteiger partial charge in [-0.2, -0.15) is 0 Å². The first-order valence-corrected chi connectivity index (χ1v) is 24.1. The highest BCUT2D eigenvalue weighted by Crippen LogP contribution is 2.51. The van der Waals surface area contributed by atoms with E-state index >= 15 is 0 Å². The summed E-state index contributed by atoms with van der Waals surface area (Å²) in [7, 11) is 0. The van der Waals surface area contributed by atoms with Gasteiger partial charge in [0.05, 0.1) is 16.7 Å². The molecule has 12 rings (SSSR count). The molecule has 0 spiro atoms. The van der Waals surface area contributed by atoms with Crippen molar-refractivity contribution in [2.45, 2.75) is 19.3 Å². The molecule has 0 amide bonds. The maximum atomic E-state index is 3.89. The Bertz CT molecular complexity index is 3900. The van der Waals surface area contributed by atoms with Gasteiger partial charge in [0.25, 0.3) is 0 Å². The molecule has 0 unspecified atom stereocenters. The van der Waals surface area contributed by atoms with Gasteiger partial charge in [-0.05, 0) is 146 Å². The van der Waals surface area contributed by atoms with Gasteiger partial charge in [0, 0.05) is 50.3 Å². The Morgan fingerprint density at radius 3 is 1.54 bits per heavy atom. The van der Waals surface area contributed by atoms with Crippen molar-refractivity contribution in [3.63, 3.8) is 0 Å². The predicted molar refractivity (Wildman–Crippen MR) is 301 cm³/mol. The van der Waals surface area contributed by atoms with Gasteiger partial charge in [-0.25, -0.2) is 0 Å². The number of allylic oxidation sites excluding steroid dienone is 4. The molecule has 3 nitrogen and oxygen atoms in total. The highest BCUT2D eigenvalue weighted by molar-refractivity contribution is 6.13. The van der Waals surface area contributed by atoms with E-state index in [0.717, 1.165) is 50.8 Å². The van der Waals surface area contributed by atoms with Crippen molar-refractivity contribution in [2.75, 3.05) is 9.80 Å². The maximum Gasteiger partial charge on any atom is 0.0583 e. The van der Waals surface area contributed by atoms with Gasteiger partial charge in [0.15, 0.2) is 0 Å². The normalized spacial score (nSPS) is 12.8. The lowest BCUT2D eigenvalue weighted by molar-refractivity contribution is 0.630. The highest BCUT2D eigenvalue weighted by atomic mass is 15.1. The van der Waals surface area contributed by atoms with Gasteiger partial charge >= 0.3 is 0 Å². The molecule has 1 aromatic heterocycles. The molecule has 2 heterocycles. The van der Waals surface area contributed by atoms with Crippen molar-refractivity contribution in [1.82, 2.24) is 4.57 Å². The van der Waals surface area contributed by atoms with Gasteiger partial charge in [0.2, 0.25) is 0 Å². The van der Waals surface area contributed by atoms with E-state index in [0.29, 0.717) is 0 Å². The molecule has 1 aliphatic rings. The monoisotopic (exact) mass is 897 g/mol. The number of aromatic nitrogens is 1. The van der Waals surface area contributed by atoms with Crippen LogP contribution >= 0.6 is 0 Å². The molecular weight excluding hydrogens is 847 g/mol. The number of rotatable bonds is 11. The lowest BCUT2D eigenvalue weighted by Gasteiger charge is -2.36. The maximum absolute atomic E-state index is 3.89. The minimum absolute atomic E-state index is 0.366. The zero-order valence-corrected chi connectivity index (χ0v) is 39.4. The molecule has 334 valence electrons. The molecule has 0 N–H and O–H groups in total. The van der Waals surface area contributed by atoms with Crippen LogP contribution in [0.3, 0.4) is 0 Å². The average molecular weight is 898 g/mol. The van der Waals surface area contributed by atoms with Crippen molar-refractivity contribution >= 4 is 89.6 Å². The van der Waals surface area contributed by atoms with Crippen LogP contribution in [0.5, 0.6) is 0 Å². The summed E-state index contributed by atoms with van der Waals surface area (Å²) in [5.74, 6) is 0. The summed E-state index contributed by atoms with van der Waals surface area (Å²) in [6.07, 6.45) is 11.8. The Labute approximate surface area is 410 Å². The van der Waals surface area contributed by atoms with E-state index in [-0.39, 0.29) is 5.41 Å². The zero-order valence-electron chi connectivity index (χ0n) is 39.4. The van der Waals surface area contributed by atoms with Crippen molar-refractivity contribution in [3.05, 3.63) is 272 Å². The van der Waals surface area contributed by atoms with Gasteiger partial charge in [-0.15, -0.1) is 0 Å². The molecule has 0 radical (unpaired) electrons. The number of benzene rings is 10. The first-order valence-electron chi connectivity index (χ1n) is 24.1. The van der Waals surface area contributed by atoms with Crippen molar-refractivity contribution in [2.24, 2.45) is 0 Å². The third kappa shape index (κ3) is 7.31. The Morgan fingerprint density at radius 1 is 0.400 bits per heavy atom. The molecule has 70 heavy (non-hydrogen) atoms. The standard InChI is InChI=1S/C67H51N3/c1-5-7-16-46-26-33-54(34-27-46)68(57-37-30-48-18-9-11-20-50(48)40-57)56-23-15-22-52(42-56)53-32-39-65-62(43-53)67(3,4)63-45-59(44-61-60-24-13-14-25-64(60)70(65)66(61)63)69(55-35-28-47(29-36-55)17-8-6-2)58-38-31-49-19-10-12-21-51(49)41-58/h5-45H,1-2H2,3-4H3/b16-7-,17-8-. The third-order valence-corrected chi connectivity index (χ3v) is 14.2. The quantitative estimate of drug-likeness (QED) is 0.120. The second-order valence-electron chi connectivity index (χ2n) is 18.8. The first kappa shape index (κ1) is 42.4. The summed E-state index contributed by atoms with van der Waals surface area (Å²) in [5, 5.41) is 7.33. The number of nitrogens with zero attached hydrogens (tertiary/aromatic N) is 3. The van der Waals surface area contributed by atoms with Crippen LogP contribution in [0, 0.1) is 0 Å². The van der Waals surface area contributed by atoms with E-state index in [1.165, 1.54) is 65.7 Å². The largest absolute Gasteiger partial charge is 0.310 e. The van der Waals surface area contributed by atoms with E-state index in [9.17, 15) is 0 Å². The lowest BCUT2D eigenvalue weighted by atomic mass is 9.73. The fourth-order valence-corrected chi connectivity index (χ4v) is 10.7. The van der Waals surface area contributed by atoms with Gasteiger partial charge in [-0.1, -0.05) is 185 Å². The number of fused-ring (bicyclic) bond motifs is 7. The van der Waals surface area contributed by atoms with Crippen molar-refractivity contribution < 1.29 is 0 Å². The van der Waals surface area contributed by atoms with Crippen molar-refractivity contribution in [1.29, 1.82) is 0 Å². The molecule has 0 saturated carbocycles. The Balaban J connectivity index is 1.01. The molecule has 10 aromatic carbocycles. The van der Waals surface area contributed by atoms with E-state index < -0.39 is 0 Å². The van der Waals surface area contributed by atoms with Crippen LogP contribution in [0.1, 0.15) is 36.1 Å². The summed E-state index contributed by atoms with van der Waals surface area (Å²) >= 11 is 0. The molecule has 0 bridgehead atoms. The summed E-state index contributed by atoms with van der Waals surface area (Å²) < 4.78 is 2.51. The smallest absolute Gasteiger partial charge is 0.0583 e. The summed E-state index contributed by atoms with van der Waals surface area (Å²) in [4.78, 5) is 4.79. The van der Waals surface area contributed by atoms with Crippen LogP contribution in [-0.4, -0.2) is 4.57 Å². The van der Waals surface area contributed by atoms with E-state index in [1.807, 2.05) is 24.3 Å².